The van der Waals surface area contributed by atoms with E-state index in [0.717, 1.165) is 26.2 Å². The molecule has 1 fully saturated rings. The first kappa shape index (κ1) is 14.7. The summed E-state index contributed by atoms with van der Waals surface area (Å²) >= 11 is 0. The van der Waals surface area contributed by atoms with Crippen molar-refractivity contribution in [2.75, 3.05) is 39.8 Å². The van der Waals surface area contributed by atoms with Gasteiger partial charge in [-0.25, -0.2) is 0 Å². The van der Waals surface area contributed by atoms with Crippen LogP contribution in [0, 0.1) is 0 Å². The molecule has 20 heavy (non-hydrogen) atoms. The fraction of sp³-hybridized carbons (Fsp3) is 0.467. The highest BCUT2D eigenvalue weighted by Crippen LogP contribution is 2.14. The summed E-state index contributed by atoms with van der Waals surface area (Å²) in [6, 6.07) is 6.79. The summed E-state index contributed by atoms with van der Waals surface area (Å²) in [4.78, 5) is 27.6. The number of carbonyl (C=O) groups excluding carboxylic acids is 2. The smallest absolute Gasteiger partial charge is 0.308 e. The quantitative estimate of drug-likeness (QED) is 0.467. The van der Waals surface area contributed by atoms with Crippen molar-refractivity contribution < 1.29 is 14.3 Å². The standard InChI is InChI=1S/C15H20N2O3/c1-12(18)20-14-5-3-4-13(10-14)15(19)11-17-8-6-16(2)7-9-17/h3-5,10H,6-9,11H2,1-2H3. The molecular weight excluding hydrogens is 256 g/mol. The summed E-state index contributed by atoms with van der Waals surface area (Å²) in [5.74, 6) is 0.0962. The monoisotopic (exact) mass is 276 g/mol. The molecule has 0 aromatic heterocycles. The van der Waals surface area contributed by atoms with Crippen molar-refractivity contribution in [1.29, 1.82) is 0 Å². The number of carbonyl (C=O) groups is 2. The molecule has 1 aliphatic heterocycles. The van der Waals surface area contributed by atoms with E-state index in [0.29, 0.717) is 17.9 Å². The Balaban J connectivity index is 1.96. The average Bonchev–Trinajstić information content (AvgIpc) is 2.41. The Morgan fingerprint density at radius 2 is 1.90 bits per heavy atom. The van der Waals surface area contributed by atoms with Crippen molar-refractivity contribution in [3.8, 4) is 5.75 Å². The van der Waals surface area contributed by atoms with E-state index in [1.165, 1.54) is 6.92 Å². The molecule has 0 spiro atoms. The maximum Gasteiger partial charge on any atom is 0.308 e. The summed E-state index contributed by atoms with van der Waals surface area (Å²) in [5, 5.41) is 0. The molecule has 0 atom stereocenters. The zero-order valence-electron chi connectivity index (χ0n) is 12.0. The van der Waals surface area contributed by atoms with Gasteiger partial charge in [-0.2, -0.15) is 0 Å². The lowest BCUT2D eigenvalue weighted by atomic mass is 10.1. The number of benzene rings is 1. The van der Waals surface area contributed by atoms with Crippen molar-refractivity contribution in [1.82, 2.24) is 9.80 Å². The van der Waals surface area contributed by atoms with Gasteiger partial charge in [-0.15, -0.1) is 0 Å². The minimum atomic E-state index is -0.381. The van der Waals surface area contributed by atoms with Crippen molar-refractivity contribution in [2.45, 2.75) is 6.92 Å². The molecule has 108 valence electrons. The zero-order chi connectivity index (χ0) is 14.5. The van der Waals surface area contributed by atoms with Crippen LogP contribution in [-0.2, 0) is 4.79 Å². The lowest BCUT2D eigenvalue weighted by Gasteiger charge is -2.31. The minimum absolute atomic E-state index is 0.0588. The second kappa shape index (κ2) is 6.63. The van der Waals surface area contributed by atoms with Gasteiger partial charge in [0.05, 0.1) is 6.54 Å². The third kappa shape index (κ3) is 4.15. The van der Waals surface area contributed by atoms with Crippen LogP contribution in [0.5, 0.6) is 5.75 Å². The van der Waals surface area contributed by atoms with E-state index in [1.54, 1.807) is 24.3 Å². The van der Waals surface area contributed by atoms with Crippen LogP contribution in [-0.4, -0.2) is 61.3 Å². The molecule has 5 nitrogen and oxygen atoms in total. The molecule has 5 heteroatoms. The Kier molecular flexibility index (Phi) is 4.87. The van der Waals surface area contributed by atoms with Crippen molar-refractivity contribution in [3.63, 3.8) is 0 Å². The maximum absolute atomic E-state index is 12.2. The summed E-state index contributed by atoms with van der Waals surface area (Å²) in [6.07, 6.45) is 0. The first-order valence-corrected chi connectivity index (χ1v) is 6.77. The molecule has 0 unspecified atom stereocenters. The van der Waals surface area contributed by atoms with Gasteiger partial charge in [0.15, 0.2) is 5.78 Å². The van der Waals surface area contributed by atoms with Crippen molar-refractivity contribution in [2.24, 2.45) is 0 Å². The molecule has 0 aliphatic carbocycles. The molecule has 1 aliphatic rings. The predicted octanol–water partition coefficient (Wildman–Crippen LogP) is 1.04. The summed E-state index contributed by atoms with van der Waals surface area (Å²) in [5.41, 5.74) is 0.586. The topological polar surface area (TPSA) is 49.9 Å². The fourth-order valence-corrected chi connectivity index (χ4v) is 2.20. The highest BCUT2D eigenvalue weighted by molar-refractivity contribution is 5.98. The second-order valence-corrected chi connectivity index (χ2v) is 5.12. The molecule has 0 radical (unpaired) electrons. The largest absolute Gasteiger partial charge is 0.427 e. The molecule has 1 heterocycles. The normalized spacial score (nSPS) is 16.9. The van der Waals surface area contributed by atoms with E-state index in [4.69, 9.17) is 4.74 Å². The number of hydrogen-bond acceptors (Lipinski definition) is 5. The number of Topliss-reactive ketones (excluding diaryl/α,β-unsaturated/α-hetero) is 1. The summed E-state index contributed by atoms with van der Waals surface area (Å²) in [6.45, 7) is 5.55. The summed E-state index contributed by atoms with van der Waals surface area (Å²) in [7, 11) is 2.09. The fourth-order valence-electron chi connectivity index (χ4n) is 2.20. The first-order valence-electron chi connectivity index (χ1n) is 6.77. The Morgan fingerprint density at radius 1 is 1.20 bits per heavy atom. The maximum atomic E-state index is 12.2. The Labute approximate surface area is 119 Å². The third-order valence-corrected chi connectivity index (χ3v) is 3.38. The van der Waals surface area contributed by atoms with Crippen LogP contribution in [0.2, 0.25) is 0 Å². The Bertz CT molecular complexity index is 494. The van der Waals surface area contributed by atoms with Gasteiger partial charge in [-0.3, -0.25) is 14.5 Å². The van der Waals surface area contributed by atoms with Gasteiger partial charge in [0.25, 0.3) is 0 Å². The first-order chi connectivity index (χ1) is 9.54. The van der Waals surface area contributed by atoms with Gasteiger partial charge in [-0.1, -0.05) is 12.1 Å². The number of esters is 1. The number of ketones is 1. The van der Waals surface area contributed by atoms with Crippen molar-refractivity contribution >= 4 is 11.8 Å². The van der Waals surface area contributed by atoms with Gasteiger partial charge in [0.1, 0.15) is 5.75 Å². The Hall–Kier alpha value is -1.72. The lowest BCUT2D eigenvalue weighted by molar-refractivity contribution is -0.131. The third-order valence-electron chi connectivity index (χ3n) is 3.38. The number of ether oxygens (including phenoxy) is 1. The number of hydrogen-bond donors (Lipinski definition) is 0. The van der Waals surface area contributed by atoms with Crippen molar-refractivity contribution in [3.05, 3.63) is 29.8 Å². The van der Waals surface area contributed by atoms with Crippen LogP contribution in [0.25, 0.3) is 0 Å². The van der Waals surface area contributed by atoms with Gasteiger partial charge >= 0.3 is 5.97 Å². The van der Waals surface area contributed by atoms with Gasteiger partial charge in [0, 0.05) is 38.7 Å². The minimum Gasteiger partial charge on any atom is -0.427 e. The van der Waals surface area contributed by atoms with E-state index < -0.39 is 0 Å². The molecule has 0 saturated carbocycles. The van der Waals surface area contributed by atoms with Crippen LogP contribution in [0.3, 0.4) is 0 Å². The molecule has 0 N–H and O–H groups in total. The van der Waals surface area contributed by atoms with Gasteiger partial charge < -0.3 is 9.64 Å². The number of rotatable bonds is 4. The van der Waals surface area contributed by atoms with E-state index >= 15 is 0 Å². The molecule has 0 bridgehead atoms. The summed E-state index contributed by atoms with van der Waals surface area (Å²) < 4.78 is 5.00. The number of piperazine rings is 1. The average molecular weight is 276 g/mol. The number of likely N-dealkylation sites (N-methyl/N-ethyl adjacent to an activating group) is 1. The van der Waals surface area contributed by atoms with Crippen LogP contribution in [0.15, 0.2) is 24.3 Å². The highest BCUT2D eigenvalue weighted by Gasteiger charge is 2.17. The van der Waals surface area contributed by atoms with E-state index in [1.807, 2.05) is 0 Å². The SMILES string of the molecule is CC(=O)Oc1cccc(C(=O)CN2CCN(C)CC2)c1. The molecule has 1 aromatic rings. The van der Waals surface area contributed by atoms with Gasteiger partial charge in [0.2, 0.25) is 0 Å². The predicted molar refractivity (Wildman–Crippen MR) is 76.0 cm³/mol. The van der Waals surface area contributed by atoms with Crippen LogP contribution in [0.1, 0.15) is 17.3 Å². The van der Waals surface area contributed by atoms with Gasteiger partial charge in [-0.05, 0) is 19.2 Å². The molecule has 1 aromatic carbocycles. The Morgan fingerprint density at radius 3 is 2.55 bits per heavy atom. The molecule has 1 saturated heterocycles. The highest BCUT2D eigenvalue weighted by atomic mass is 16.5. The van der Waals surface area contributed by atoms with Crippen LogP contribution in [0.4, 0.5) is 0 Å². The molecular formula is C15H20N2O3. The van der Waals surface area contributed by atoms with E-state index in [2.05, 4.69) is 16.8 Å². The molecule has 2 rings (SSSR count). The van der Waals surface area contributed by atoms with Crippen LogP contribution < -0.4 is 4.74 Å². The zero-order valence-corrected chi connectivity index (χ0v) is 12.0. The second-order valence-electron chi connectivity index (χ2n) is 5.12. The number of nitrogens with zero attached hydrogens (tertiary/aromatic N) is 2. The molecule has 0 amide bonds. The lowest BCUT2D eigenvalue weighted by Crippen LogP contribution is -2.46. The van der Waals surface area contributed by atoms with E-state index in [9.17, 15) is 9.59 Å². The van der Waals surface area contributed by atoms with E-state index in [-0.39, 0.29) is 11.8 Å². The van der Waals surface area contributed by atoms with Crippen LogP contribution >= 0.6 is 0 Å².